The lowest BCUT2D eigenvalue weighted by Crippen LogP contribution is -2.50. The molecule has 148 valence electrons. The van der Waals surface area contributed by atoms with Gasteiger partial charge in [0.1, 0.15) is 18.0 Å². The van der Waals surface area contributed by atoms with Gasteiger partial charge in [-0.15, -0.1) is 0 Å². The van der Waals surface area contributed by atoms with Gasteiger partial charge in [0, 0.05) is 42.3 Å². The minimum Gasteiger partial charge on any atom is -0.353 e. The average molecular weight is 456 g/mol. The van der Waals surface area contributed by atoms with Crippen molar-refractivity contribution < 1.29 is 9.18 Å². The first-order valence-corrected chi connectivity index (χ1v) is 10.0. The molecule has 0 atom stereocenters. The van der Waals surface area contributed by atoms with Gasteiger partial charge in [0.25, 0.3) is 0 Å². The number of halogens is 2. The van der Waals surface area contributed by atoms with Crippen molar-refractivity contribution in [3.05, 3.63) is 71.2 Å². The molecule has 1 aliphatic rings. The van der Waals surface area contributed by atoms with Crippen LogP contribution in [0.15, 0.2) is 65.4 Å². The van der Waals surface area contributed by atoms with Crippen molar-refractivity contribution in [2.24, 2.45) is 0 Å². The lowest BCUT2D eigenvalue weighted by atomic mass is 10.1. The van der Waals surface area contributed by atoms with E-state index in [4.69, 9.17) is 0 Å². The fourth-order valence-electron chi connectivity index (χ4n) is 3.22. The Bertz CT molecular complexity index is 1020. The fourth-order valence-corrected chi connectivity index (χ4v) is 3.61. The Morgan fingerprint density at radius 3 is 2.55 bits per heavy atom. The Kier molecular flexibility index (Phi) is 5.71. The Labute approximate surface area is 176 Å². The predicted molar refractivity (Wildman–Crippen MR) is 114 cm³/mol. The number of amides is 2. The zero-order valence-corrected chi connectivity index (χ0v) is 17.1. The second kappa shape index (κ2) is 8.57. The molecule has 0 spiro atoms. The van der Waals surface area contributed by atoms with Crippen LogP contribution >= 0.6 is 15.9 Å². The lowest BCUT2D eigenvalue weighted by Gasteiger charge is -2.35. The first kappa shape index (κ1) is 19.3. The molecule has 2 aromatic carbocycles. The zero-order chi connectivity index (χ0) is 20.2. The van der Waals surface area contributed by atoms with E-state index in [9.17, 15) is 9.18 Å². The van der Waals surface area contributed by atoms with Gasteiger partial charge in [0.2, 0.25) is 0 Å². The van der Waals surface area contributed by atoms with Crippen LogP contribution in [0.2, 0.25) is 0 Å². The van der Waals surface area contributed by atoms with Gasteiger partial charge >= 0.3 is 6.03 Å². The first-order valence-electron chi connectivity index (χ1n) is 9.23. The average Bonchev–Trinajstić information content (AvgIpc) is 2.75. The highest BCUT2D eigenvalue weighted by Crippen LogP contribution is 2.24. The van der Waals surface area contributed by atoms with Crippen LogP contribution in [0.25, 0.3) is 11.3 Å². The number of nitrogens with one attached hydrogen (secondary N) is 1. The number of rotatable bonds is 3. The number of carbonyl (C=O) groups is 1. The van der Waals surface area contributed by atoms with E-state index in [0.717, 1.165) is 16.0 Å². The highest BCUT2D eigenvalue weighted by atomic mass is 79.9. The normalized spacial score (nSPS) is 14.0. The summed E-state index contributed by atoms with van der Waals surface area (Å²) in [6, 6.07) is 15.6. The number of urea groups is 1. The minimum absolute atomic E-state index is 0.125. The van der Waals surface area contributed by atoms with Crippen LogP contribution in [0.1, 0.15) is 0 Å². The number of hydrogen-bond donors (Lipinski definition) is 1. The summed E-state index contributed by atoms with van der Waals surface area (Å²) in [5.41, 5.74) is 2.12. The van der Waals surface area contributed by atoms with Crippen LogP contribution in [-0.4, -0.2) is 47.1 Å². The van der Waals surface area contributed by atoms with Crippen LogP contribution in [0.5, 0.6) is 0 Å². The number of benzene rings is 2. The molecule has 1 fully saturated rings. The standard InChI is InChI=1S/C21H19BrFN5O/c22-17-6-1-2-7-18(17)26-21(29)28-10-8-27(9-11-28)20-13-19(24-14-25-20)15-4-3-5-16(23)12-15/h1-7,12-14H,8-11H2,(H,26,29). The molecule has 0 bridgehead atoms. The number of carbonyl (C=O) groups excluding carboxylic acids is 1. The largest absolute Gasteiger partial charge is 0.353 e. The number of aromatic nitrogens is 2. The number of hydrogen-bond acceptors (Lipinski definition) is 4. The molecule has 0 radical (unpaired) electrons. The van der Waals surface area contributed by atoms with E-state index >= 15 is 0 Å². The Hall–Kier alpha value is -3.00. The number of para-hydroxylation sites is 1. The van der Waals surface area contributed by atoms with Gasteiger partial charge in [-0.05, 0) is 40.2 Å². The maximum absolute atomic E-state index is 13.5. The SMILES string of the molecule is O=C(Nc1ccccc1Br)N1CCN(c2cc(-c3cccc(F)c3)ncn2)CC1. The van der Waals surface area contributed by atoms with Crippen LogP contribution < -0.4 is 10.2 Å². The van der Waals surface area contributed by atoms with Gasteiger partial charge < -0.3 is 15.1 Å². The van der Waals surface area contributed by atoms with E-state index in [1.165, 1.54) is 18.5 Å². The quantitative estimate of drug-likeness (QED) is 0.635. The van der Waals surface area contributed by atoms with Crippen molar-refractivity contribution in [2.45, 2.75) is 0 Å². The second-order valence-electron chi connectivity index (χ2n) is 6.66. The highest BCUT2D eigenvalue weighted by molar-refractivity contribution is 9.10. The molecule has 2 heterocycles. The molecule has 0 aliphatic carbocycles. The van der Waals surface area contributed by atoms with Crippen LogP contribution in [0.4, 0.5) is 20.7 Å². The Morgan fingerprint density at radius 1 is 1.00 bits per heavy atom. The van der Waals surface area contributed by atoms with E-state index < -0.39 is 0 Å². The molecule has 1 aromatic heterocycles. The summed E-state index contributed by atoms with van der Waals surface area (Å²) < 4.78 is 14.4. The summed E-state index contributed by atoms with van der Waals surface area (Å²) in [7, 11) is 0. The number of piperazine rings is 1. The van der Waals surface area contributed by atoms with Gasteiger partial charge in [-0.1, -0.05) is 24.3 Å². The summed E-state index contributed by atoms with van der Waals surface area (Å²) >= 11 is 3.44. The van der Waals surface area contributed by atoms with Gasteiger partial charge in [-0.25, -0.2) is 19.2 Å². The Balaban J connectivity index is 1.40. The minimum atomic E-state index is -0.299. The fraction of sp³-hybridized carbons (Fsp3) is 0.190. The van der Waals surface area contributed by atoms with Crippen molar-refractivity contribution in [3.63, 3.8) is 0 Å². The van der Waals surface area contributed by atoms with Crippen molar-refractivity contribution in [1.29, 1.82) is 0 Å². The van der Waals surface area contributed by atoms with Gasteiger partial charge in [0.15, 0.2) is 0 Å². The van der Waals surface area contributed by atoms with Crippen molar-refractivity contribution in [2.75, 3.05) is 36.4 Å². The number of nitrogens with zero attached hydrogens (tertiary/aromatic N) is 4. The maximum Gasteiger partial charge on any atom is 0.321 e. The van der Waals surface area contributed by atoms with Crippen LogP contribution in [0.3, 0.4) is 0 Å². The summed E-state index contributed by atoms with van der Waals surface area (Å²) in [4.78, 5) is 25.1. The molecule has 1 aliphatic heterocycles. The van der Waals surface area contributed by atoms with Crippen LogP contribution in [0, 0.1) is 5.82 Å². The van der Waals surface area contributed by atoms with E-state index in [1.807, 2.05) is 36.4 Å². The second-order valence-corrected chi connectivity index (χ2v) is 7.51. The van der Waals surface area contributed by atoms with Crippen molar-refractivity contribution >= 4 is 33.5 Å². The smallest absolute Gasteiger partial charge is 0.321 e. The molecular formula is C21H19BrFN5O. The summed E-state index contributed by atoms with van der Waals surface area (Å²) in [5, 5.41) is 2.93. The molecular weight excluding hydrogens is 437 g/mol. The monoisotopic (exact) mass is 455 g/mol. The molecule has 0 saturated carbocycles. The van der Waals surface area contributed by atoms with Gasteiger partial charge in [-0.2, -0.15) is 0 Å². The lowest BCUT2D eigenvalue weighted by molar-refractivity contribution is 0.208. The predicted octanol–water partition coefficient (Wildman–Crippen LogP) is 4.40. The van der Waals surface area contributed by atoms with E-state index in [0.29, 0.717) is 37.4 Å². The Morgan fingerprint density at radius 2 is 1.79 bits per heavy atom. The summed E-state index contributed by atoms with van der Waals surface area (Å²) in [6.07, 6.45) is 1.49. The van der Waals surface area contributed by atoms with E-state index in [2.05, 4.69) is 36.1 Å². The van der Waals surface area contributed by atoms with E-state index in [-0.39, 0.29) is 11.8 Å². The van der Waals surface area contributed by atoms with Gasteiger partial charge in [-0.3, -0.25) is 0 Å². The first-order chi connectivity index (χ1) is 14.1. The third-order valence-electron chi connectivity index (χ3n) is 4.78. The molecule has 4 rings (SSSR count). The zero-order valence-electron chi connectivity index (χ0n) is 15.6. The third kappa shape index (κ3) is 4.54. The highest BCUT2D eigenvalue weighted by Gasteiger charge is 2.22. The molecule has 3 aromatic rings. The molecule has 2 amide bonds. The molecule has 0 unspecified atom stereocenters. The van der Waals surface area contributed by atoms with Crippen LogP contribution in [-0.2, 0) is 0 Å². The molecule has 6 nitrogen and oxygen atoms in total. The van der Waals surface area contributed by atoms with Crippen molar-refractivity contribution in [1.82, 2.24) is 14.9 Å². The number of anilines is 2. The molecule has 8 heteroatoms. The summed E-state index contributed by atoms with van der Waals surface area (Å²) in [6.45, 7) is 2.47. The molecule has 1 saturated heterocycles. The molecule has 29 heavy (non-hydrogen) atoms. The van der Waals surface area contributed by atoms with E-state index in [1.54, 1.807) is 11.0 Å². The van der Waals surface area contributed by atoms with Gasteiger partial charge in [0.05, 0.1) is 11.4 Å². The maximum atomic E-state index is 13.5. The third-order valence-corrected chi connectivity index (χ3v) is 5.47. The topological polar surface area (TPSA) is 61.4 Å². The summed E-state index contributed by atoms with van der Waals surface area (Å²) in [5.74, 6) is 0.470. The van der Waals surface area contributed by atoms with Crippen molar-refractivity contribution in [3.8, 4) is 11.3 Å². The molecule has 1 N–H and O–H groups in total.